The Kier molecular flexibility index (Phi) is 4.77. The molecule has 0 saturated heterocycles. The van der Waals surface area contributed by atoms with Crippen LogP contribution in [0.1, 0.15) is 19.8 Å². The molecule has 20 heavy (non-hydrogen) atoms. The third-order valence-corrected chi connectivity index (χ3v) is 3.04. The highest BCUT2D eigenvalue weighted by Gasteiger charge is 2.12. The van der Waals surface area contributed by atoms with Gasteiger partial charge in [0.05, 0.1) is 6.61 Å². The normalized spacial score (nSPS) is 10.6. The van der Waals surface area contributed by atoms with Crippen molar-refractivity contribution in [2.24, 2.45) is 0 Å². The van der Waals surface area contributed by atoms with Crippen LogP contribution < -0.4 is 10.2 Å². The van der Waals surface area contributed by atoms with E-state index in [1.165, 1.54) is 12.1 Å². The van der Waals surface area contributed by atoms with E-state index in [0.717, 1.165) is 18.6 Å². The van der Waals surface area contributed by atoms with Gasteiger partial charge in [-0.2, -0.15) is 0 Å². The zero-order valence-corrected chi connectivity index (χ0v) is 11.3. The van der Waals surface area contributed by atoms with Crippen LogP contribution in [0.4, 0.5) is 8.78 Å². The molecule has 2 aromatic rings. The molecule has 2 aromatic carbocycles. The van der Waals surface area contributed by atoms with E-state index >= 15 is 0 Å². The Labute approximate surface area is 119 Å². The van der Waals surface area contributed by atoms with E-state index < -0.39 is 11.6 Å². The van der Waals surface area contributed by atoms with Crippen LogP contribution in [0.2, 0.25) is 0 Å². The lowest BCUT2D eigenvalue weighted by atomic mass is 9.92. The quantitative estimate of drug-likeness (QED) is 0.597. The Morgan fingerprint density at radius 1 is 1.00 bits per heavy atom. The molecule has 0 spiro atoms. The predicted octanol–water partition coefficient (Wildman–Crippen LogP) is 3.60. The second-order valence-electron chi connectivity index (χ2n) is 4.56. The molecule has 0 fully saturated rings. The molecule has 0 aliphatic rings. The van der Waals surface area contributed by atoms with Crippen molar-refractivity contribution in [3.63, 3.8) is 0 Å². The predicted molar refractivity (Wildman–Crippen MR) is 77.6 cm³/mol. The van der Waals surface area contributed by atoms with Gasteiger partial charge >= 0.3 is 0 Å². The first kappa shape index (κ1) is 14.6. The molecule has 2 radical (unpaired) electrons. The van der Waals surface area contributed by atoms with Gasteiger partial charge in [0.2, 0.25) is 0 Å². The molecule has 0 N–H and O–H groups in total. The molecule has 0 heterocycles. The lowest BCUT2D eigenvalue weighted by molar-refractivity contribution is 0.309. The van der Waals surface area contributed by atoms with Gasteiger partial charge < -0.3 is 4.74 Å². The van der Waals surface area contributed by atoms with Gasteiger partial charge in [0.25, 0.3) is 0 Å². The monoisotopic (exact) mass is 272 g/mol. The summed E-state index contributed by atoms with van der Waals surface area (Å²) in [5.41, 5.74) is 0.590. The topological polar surface area (TPSA) is 9.23 Å². The number of hydrogen-bond donors (Lipinski definition) is 0. The van der Waals surface area contributed by atoms with Crippen molar-refractivity contribution in [2.75, 3.05) is 6.61 Å². The molecule has 0 aliphatic heterocycles. The molecule has 4 heteroatoms. The maximum Gasteiger partial charge on any atom is 0.166 e. The highest BCUT2D eigenvalue weighted by atomic mass is 19.2. The van der Waals surface area contributed by atoms with E-state index in [9.17, 15) is 8.78 Å². The minimum atomic E-state index is -1.01. The first-order valence-corrected chi connectivity index (χ1v) is 6.60. The van der Waals surface area contributed by atoms with Crippen molar-refractivity contribution in [3.05, 3.63) is 48.0 Å². The van der Waals surface area contributed by atoms with Gasteiger partial charge in [0.1, 0.15) is 13.6 Å². The Morgan fingerprint density at radius 3 is 2.35 bits per heavy atom. The fraction of sp³-hybridized carbons (Fsp3) is 0.250. The summed E-state index contributed by atoms with van der Waals surface area (Å²) in [6.45, 7) is 2.74. The van der Waals surface area contributed by atoms with Crippen molar-refractivity contribution in [1.29, 1.82) is 0 Å². The lowest BCUT2D eigenvalue weighted by Crippen LogP contribution is -2.11. The maximum atomic E-state index is 13.8. The maximum absolute atomic E-state index is 13.8. The molecule has 0 amide bonds. The number of halogens is 2. The standard InChI is InChI=1S/C16H15BF2O/c1-2-3-10-20-12-6-4-11(5-7-12)13-8-9-14(17)16(19)15(13)18/h4-9H,2-3,10H2,1H3. The smallest absolute Gasteiger partial charge is 0.166 e. The summed E-state index contributed by atoms with van der Waals surface area (Å²) in [5.74, 6) is -1.21. The zero-order valence-electron chi connectivity index (χ0n) is 11.3. The van der Waals surface area contributed by atoms with Crippen LogP contribution in [0, 0.1) is 11.6 Å². The Morgan fingerprint density at radius 2 is 1.70 bits per heavy atom. The molecule has 0 bridgehead atoms. The van der Waals surface area contributed by atoms with Crippen LogP contribution >= 0.6 is 0 Å². The molecule has 1 nitrogen and oxygen atoms in total. The van der Waals surface area contributed by atoms with Gasteiger partial charge in [-0.3, -0.25) is 0 Å². The first-order chi connectivity index (χ1) is 9.63. The summed E-state index contributed by atoms with van der Waals surface area (Å²) in [5, 5.41) is 0. The number of benzene rings is 2. The van der Waals surface area contributed by atoms with Crippen LogP contribution in [0.5, 0.6) is 5.75 Å². The van der Waals surface area contributed by atoms with Crippen LogP contribution in [-0.4, -0.2) is 14.5 Å². The van der Waals surface area contributed by atoms with Crippen LogP contribution in [0.15, 0.2) is 36.4 Å². The molecule has 0 aliphatic carbocycles. The van der Waals surface area contributed by atoms with Crippen LogP contribution in [0.25, 0.3) is 11.1 Å². The summed E-state index contributed by atoms with van der Waals surface area (Å²) in [4.78, 5) is 0. The number of rotatable bonds is 5. The molecule has 102 valence electrons. The molecule has 0 aromatic heterocycles. The minimum Gasteiger partial charge on any atom is -0.494 e. The van der Waals surface area contributed by atoms with Gasteiger partial charge in [0.15, 0.2) is 11.6 Å². The van der Waals surface area contributed by atoms with Crippen LogP contribution in [-0.2, 0) is 0 Å². The van der Waals surface area contributed by atoms with E-state index in [-0.39, 0.29) is 11.0 Å². The number of unbranched alkanes of at least 4 members (excludes halogenated alkanes) is 1. The molecular formula is C16H15BF2O. The third-order valence-electron chi connectivity index (χ3n) is 3.04. The van der Waals surface area contributed by atoms with E-state index in [1.54, 1.807) is 24.3 Å². The van der Waals surface area contributed by atoms with Gasteiger partial charge in [0, 0.05) is 5.56 Å². The Balaban J connectivity index is 2.20. The fourth-order valence-corrected chi connectivity index (χ4v) is 1.85. The number of ether oxygens (including phenoxy) is 1. The van der Waals surface area contributed by atoms with E-state index in [2.05, 4.69) is 6.92 Å². The summed E-state index contributed by atoms with van der Waals surface area (Å²) >= 11 is 0. The Hall–Kier alpha value is -1.84. The van der Waals surface area contributed by atoms with Gasteiger partial charge in [-0.05, 0) is 24.1 Å². The van der Waals surface area contributed by atoms with Gasteiger partial charge in [-0.25, -0.2) is 8.78 Å². The Bertz CT molecular complexity index is 582. The molecule has 2 rings (SSSR count). The fourth-order valence-electron chi connectivity index (χ4n) is 1.85. The zero-order chi connectivity index (χ0) is 14.5. The second kappa shape index (κ2) is 6.55. The lowest BCUT2D eigenvalue weighted by Gasteiger charge is -2.09. The van der Waals surface area contributed by atoms with E-state index in [0.29, 0.717) is 12.2 Å². The molecule has 0 unspecified atom stereocenters. The van der Waals surface area contributed by atoms with Crippen molar-refractivity contribution < 1.29 is 13.5 Å². The van der Waals surface area contributed by atoms with Crippen LogP contribution in [0.3, 0.4) is 0 Å². The van der Waals surface area contributed by atoms with E-state index in [4.69, 9.17) is 12.6 Å². The highest BCUT2D eigenvalue weighted by molar-refractivity contribution is 6.32. The van der Waals surface area contributed by atoms with E-state index in [1.807, 2.05) is 0 Å². The average Bonchev–Trinajstić information content (AvgIpc) is 2.46. The largest absolute Gasteiger partial charge is 0.494 e. The molecule has 0 atom stereocenters. The summed E-state index contributed by atoms with van der Waals surface area (Å²) < 4.78 is 32.8. The second-order valence-corrected chi connectivity index (χ2v) is 4.56. The minimum absolute atomic E-state index is 0.189. The van der Waals surface area contributed by atoms with Crippen molar-refractivity contribution in [3.8, 4) is 16.9 Å². The van der Waals surface area contributed by atoms with Crippen molar-refractivity contribution in [2.45, 2.75) is 19.8 Å². The first-order valence-electron chi connectivity index (χ1n) is 6.60. The van der Waals surface area contributed by atoms with Gasteiger partial charge in [-0.1, -0.05) is 43.1 Å². The van der Waals surface area contributed by atoms with Gasteiger partial charge in [-0.15, -0.1) is 0 Å². The summed E-state index contributed by atoms with van der Waals surface area (Å²) in [6, 6.07) is 9.74. The SMILES string of the molecule is [B]c1ccc(-c2ccc(OCCCC)cc2)c(F)c1F. The average molecular weight is 272 g/mol. The highest BCUT2D eigenvalue weighted by Crippen LogP contribution is 2.25. The number of hydrogen-bond acceptors (Lipinski definition) is 1. The third kappa shape index (κ3) is 3.18. The van der Waals surface area contributed by atoms with Crippen molar-refractivity contribution >= 4 is 13.3 Å². The summed E-state index contributed by atoms with van der Waals surface area (Å²) in [6.07, 6.45) is 2.05. The molecule has 0 saturated carbocycles. The molecular weight excluding hydrogens is 257 g/mol. The van der Waals surface area contributed by atoms with Crippen molar-refractivity contribution in [1.82, 2.24) is 0 Å². The summed E-state index contributed by atoms with van der Waals surface area (Å²) in [7, 11) is 5.32.